The molecular weight excluding hydrogens is 310 g/mol. The van der Waals surface area contributed by atoms with Crippen LogP contribution in [0.25, 0.3) is 11.5 Å². The first-order valence-corrected chi connectivity index (χ1v) is 8.37. The van der Waals surface area contributed by atoms with E-state index < -0.39 is 0 Å². The highest BCUT2D eigenvalue weighted by molar-refractivity contribution is 7.09. The van der Waals surface area contributed by atoms with E-state index in [9.17, 15) is 4.79 Å². The molecule has 3 heterocycles. The monoisotopic (exact) mass is 325 g/mol. The van der Waals surface area contributed by atoms with E-state index in [4.69, 9.17) is 4.52 Å². The molecular formula is C17H15N3O2S. The Labute approximate surface area is 137 Å². The Kier molecular flexibility index (Phi) is 3.67. The van der Waals surface area contributed by atoms with Crippen molar-refractivity contribution in [2.75, 3.05) is 6.54 Å². The van der Waals surface area contributed by atoms with Gasteiger partial charge in [-0.2, -0.15) is 4.98 Å². The summed E-state index contributed by atoms with van der Waals surface area (Å²) in [5.74, 6) is 1.27. The second kappa shape index (κ2) is 5.96. The molecule has 0 bridgehead atoms. The molecule has 2 aromatic heterocycles. The van der Waals surface area contributed by atoms with Crippen LogP contribution in [0.1, 0.15) is 23.0 Å². The molecule has 116 valence electrons. The quantitative estimate of drug-likeness (QED) is 0.738. The third kappa shape index (κ3) is 2.90. The van der Waals surface area contributed by atoms with E-state index >= 15 is 0 Å². The van der Waals surface area contributed by atoms with Gasteiger partial charge in [0, 0.05) is 29.3 Å². The first-order chi connectivity index (χ1) is 11.3. The SMILES string of the molecule is O=C1C[C@@H](c2noc(-c3ccccc3)n2)CN1Cc1cccs1. The minimum absolute atomic E-state index is 0.00340. The molecule has 1 aliphatic rings. The molecule has 0 spiro atoms. The van der Waals surface area contributed by atoms with Crippen LogP contribution in [0.15, 0.2) is 52.4 Å². The predicted octanol–water partition coefficient (Wildman–Crippen LogP) is 3.31. The molecule has 5 nitrogen and oxygen atoms in total. The second-order valence-corrected chi connectivity index (χ2v) is 6.61. The molecule has 0 radical (unpaired) electrons. The van der Waals surface area contributed by atoms with E-state index in [1.165, 1.54) is 4.88 Å². The fraction of sp³-hybridized carbons (Fsp3) is 0.235. The van der Waals surface area contributed by atoms with Gasteiger partial charge in [-0.15, -0.1) is 11.3 Å². The van der Waals surface area contributed by atoms with Crippen molar-refractivity contribution in [2.45, 2.75) is 18.9 Å². The Morgan fingerprint density at radius 2 is 2.09 bits per heavy atom. The van der Waals surface area contributed by atoms with Gasteiger partial charge in [0.1, 0.15) is 0 Å². The molecule has 4 rings (SSSR count). The number of hydrogen-bond acceptors (Lipinski definition) is 5. The van der Waals surface area contributed by atoms with E-state index in [-0.39, 0.29) is 11.8 Å². The van der Waals surface area contributed by atoms with Gasteiger partial charge in [0.25, 0.3) is 5.89 Å². The van der Waals surface area contributed by atoms with Crippen molar-refractivity contribution in [3.8, 4) is 11.5 Å². The van der Waals surface area contributed by atoms with E-state index in [0.717, 1.165) is 5.56 Å². The first kappa shape index (κ1) is 14.1. The number of amides is 1. The van der Waals surface area contributed by atoms with Gasteiger partial charge >= 0.3 is 0 Å². The van der Waals surface area contributed by atoms with Gasteiger partial charge < -0.3 is 9.42 Å². The average molecular weight is 325 g/mol. The van der Waals surface area contributed by atoms with Crippen LogP contribution in [-0.2, 0) is 11.3 Å². The van der Waals surface area contributed by atoms with E-state index in [0.29, 0.717) is 31.2 Å². The number of aromatic nitrogens is 2. The second-order valence-electron chi connectivity index (χ2n) is 5.58. The number of benzene rings is 1. The minimum atomic E-state index is 0.00340. The summed E-state index contributed by atoms with van der Waals surface area (Å²) >= 11 is 1.67. The lowest BCUT2D eigenvalue weighted by Gasteiger charge is -2.14. The van der Waals surface area contributed by atoms with Crippen molar-refractivity contribution in [1.29, 1.82) is 0 Å². The Morgan fingerprint density at radius 3 is 2.87 bits per heavy atom. The average Bonchev–Trinajstić information content (AvgIpc) is 3.31. The van der Waals surface area contributed by atoms with Gasteiger partial charge in [0.05, 0.1) is 6.54 Å². The third-order valence-corrected chi connectivity index (χ3v) is 4.83. The molecule has 0 aliphatic carbocycles. The van der Waals surface area contributed by atoms with E-state index in [2.05, 4.69) is 10.1 Å². The Bertz CT molecular complexity index is 798. The molecule has 6 heteroatoms. The molecule has 1 amide bonds. The van der Waals surface area contributed by atoms with Crippen LogP contribution >= 0.6 is 11.3 Å². The maximum Gasteiger partial charge on any atom is 0.257 e. The maximum absolute atomic E-state index is 12.2. The predicted molar refractivity (Wildman–Crippen MR) is 86.8 cm³/mol. The number of nitrogens with zero attached hydrogens (tertiary/aromatic N) is 3. The highest BCUT2D eigenvalue weighted by Crippen LogP contribution is 2.29. The third-order valence-electron chi connectivity index (χ3n) is 3.97. The number of carbonyl (C=O) groups is 1. The Hall–Kier alpha value is -2.47. The molecule has 23 heavy (non-hydrogen) atoms. The molecule has 3 aromatic rings. The Morgan fingerprint density at radius 1 is 1.22 bits per heavy atom. The van der Waals surface area contributed by atoms with Gasteiger partial charge in [-0.3, -0.25) is 4.79 Å². The van der Waals surface area contributed by atoms with Crippen LogP contribution in [0.5, 0.6) is 0 Å². The fourth-order valence-electron chi connectivity index (χ4n) is 2.79. The van der Waals surface area contributed by atoms with Crippen molar-refractivity contribution in [3.05, 3.63) is 58.5 Å². The van der Waals surface area contributed by atoms with Crippen LogP contribution in [0.4, 0.5) is 0 Å². The van der Waals surface area contributed by atoms with Crippen LogP contribution < -0.4 is 0 Å². The summed E-state index contributed by atoms with van der Waals surface area (Å²) in [6, 6.07) is 13.7. The van der Waals surface area contributed by atoms with Crippen molar-refractivity contribution in [1.82, 2.24) is 15.0 Å². The van der Waals surface area contributed by atoms with Crippen LogP contribution in [-0.4, -0.2) is 27.5 Å². The van der Waals surface area contributed by atoms with E-state index in [1.807, 2.05) is 52.7 Å². The highest BCUT2D eigenvalue weighted by Gasteiger charge is 2.33. The van der Waals surface area contributed by atoms with Crippen LogP contribution in [0, 0.1) is 0 Å². The lowest BCUT2D eigenvalue weighted by molar-refractivity contribution is -0.128. The standard InChI is InChI=1S/C17H15N3O2S/c21-15-9-13(10-20(15)11-14-7-4-8-23-14)16-18-17(22-19-16)12-5-2-1-3-6-12/h1-8,13H,9-11H2/t13-/m1/s1. The first-order valence-electron chi connectivity index (χ1n) is 7.49. The van der Waals surface area contributed by atoms with E-state index in [1.54, 1.807) is 11.3 Å². The maximum atomic E-state index is 12.2. The van der Waals surface area contributed by atoms with Crippen molar-refractivity contribution in [3.63, 3.8) is 0 Å². The van der Waals surface area contributed by atoms with Crippen molar-refractivity contribution >= 4 is 17.2 Å². The Balaban J connectivity index is 1.49. The summed E-state index contributed by atoms with van der Waals surface area (Å²) in [4.78, 5) is 19.7. The number of hydrogen-bond donors (Lipinski definition) is 0. The molecule has 1 atom stereocenters. The fourth-order valence-corrected chi connectivity index (χ4v) is 3.51. The highest BCUT2D eigenvalue weighted by atomic mass is 32.1. The van der Waals surface area contributed by atoms with Gasteiger partial charge in [0.2, 0.25) is 5.91 Å². The number of thiophene rings is 1. The van der Waals surface area contributed by atoms with Gasteiger partial charge in [-0.1, -0.05) is 29.4 Å². The molecule has 0 saturated carbocycles. The summed E-state index contributed by atoms with van der Waals surface area (Å²) < 4.78 is 5.35. The molecule has 1 aliphatic heterocycles. The minimum Gasteiger partial charge on any atom is -0.337 e. The zero-order chi connectivity index (χ0) is 15.6. The number of carbonyl (C=O) groups excluding carboxylic acids is 1. The van der Waals surface area contributed by atoms with Crippen molar-refractivity contribution in [2.24, 2.45) is 0 Å². The van der Waals surface area contributed by atoms with Gasteiger partial charge in [-0.05, 0) is 23.6 Å². The largest absolute Gasteiger partial charge is 0.337 e. The number of likely N-dealkylation sites (tertiary alicyclic amines) is 1. The molecule has 1 aromatic carbocycles. The summed E-state index contributed by atoms with van der Waals surface area (Å²) in [5.41, 5.74) is 0.894. The molecule has 0 N–H and O–H groups in total. The topological polar surface area (TPSA) is 59.2 Å². The lowest BCUT2D eigenvalue weighted by atomic mass is 10.1. The van der Waals surface area contributed by atoms with Gasteiger partial charge in [-0.25, -0.2) is 0 Å². The summed E-state index contributed by atoms with van der Waals surface area (Å²) in [6.07, 6.45) is 0.444. The molecule has 0 unspecified atom stereocenters. The smallest absolute Gasteiger partial charge is 0.257 e. The van der Waals surface area contributed by atoms with Crippen LogP contribution in [0.3, 0.4) is 0 Å². The van der Waals surface area contributed by atoms with Gasteiger partial charge in [0.15, 0.2) is 5.82 Å². The zero-order valence-corrected chi connectivity index (χ0v) is 13.2. The van der Waals surface area contributed by atoms with Crippen LogP contribution in [0.2, 0.25) is 0 Å². The summed E-state index contributed by atoms with van der Waals surface area (Å²) in [5, 5.41) is 6.10. The molecule has 1 fully saturated rings. The normalized spacial score (nSPS) is 17.8. The summed E-state index contributed by atoms with van der Waals surface area (Å²) in [6.45, 7) is 1.31. The summed E-state index contributed by atoms with van der Waals surface area (Å²) in [7, 11) is 0. The lowest BCUT2D eigenvalue weighted by Crippen LogP contribution is -2.23. The van der Waals surface area contributed by atoms with Crippen molar-refractivity contribution < 1.29 is 9.32 Å². The molecule has 1 saturated heterocycles. The number of rotatable bonds is 4. The zero-order valence-electron chi connectivity index (χ0n) is 12.4.